The van der Waals surface area contributed by atoms with Crippen LogP contribution in [0.25, 0.3) is 0 Å². The molecule has 3 nitrogen and oxygen atoms in total. The highest BCUT2D eigenvalue weighted by Crippen LogP contribution is 2.33. The summed E-state index contributed by atoms with van der Waals surface area (Å²) in [6.07, 6.45) is 1.64. The highest BCUT2D eigenvalue weighted by Gasteiger charge is 2.45. The Morgan fingerprint density at radius 1 is 1.40 bits per heavy atom. The zero-order valence-corrected chi connectivity index (χ0v) is 8.61. The fourth-order valence-corrected chi connectivity index (χ4v) is 1.99. The van der Waals surface area contributed by atoms with E-state index in [-0.39, 0.29) is 5.78 Å². The number of carbonyl (C=O) groups is 1. The molecular formula is C11H10ClNO2. The van der Waals surface area contributed by atoms with Gasteiger partial charge in [-0.1, -0.05) is 29.8 Å². The molecule has 1 aliphatic rings. The lowest BCUT2D eigenvalue weighted by Crippen LogP contribution is -2.50. The Labute approximate surface area is 92.2 Å². The third-order valence-corrected chi connectivity index (χ3v) is 2.95. The maximum atomic E-state index is 11.6. The number of aliphatic hydroxyl groups excluding tert-OH is 1. The summed E-state index contributed by atoms with van der Waals surface area (Å²) in [7, 11) is 0. The number of carbonyl (C=O) groups excluding carboxylic acids is 1. The van der Waals surface area contributed by atoms with E-state index in [9.17, 15) is 9.90 Å². The van der Waals surface area contributed by atoms with Gasteiger partial charge in [0.25, 0.3) is 0 Å². The minimum absolute atomic E-state index is 0.330. The lowest BCUT2D eigenvalue weighted by molar-refractivity contribution is -0.121. The van der Waals surface area contributed by atoms with E-state index in [1.54, 1.807) is 24.3 Å². The first kappa shape index (κ1) is 10.4. The first-order chi connectivity index (χ1) is 7.06. The second-order valence-electron chi connectivity index (χ2n) is 3.52. The number of halogens is 1. The number of rotatable bonds is 1. The van der Waals surface area contributed by atoms with Gasteiger partial charge in [0.2, 0.25) is 0 Å². The van der Waals surface area contributed by atoms with Crippen molar-refractivity contribution in [1.82, 2.24) is 0 Å². The van der Waals surface area contributed by atoms with Crippen molar-refractivity contribution in [1.29, 1.82) is 0 Å². The van der Waals surface area contributed by atoms with E-state index in [0.29, 0.717) is 10.6 Å². The summed E-state index contributed by atoms with van der Waals surface area (Å²) in [5.41, 5.74) is 4.94. The summed E-state index contributed by atoms with van der Waals surface area (Å²) >= 11 is 5.95. The van der Waals surface area contributed by atoms with E-state index >= 15 is 0 Å². The van der Waals surface area contributed by atoms with Gasteiger partial charge in [-0.25, -0.2) is 0 Å². The van der Waals surface area contributed by atoms with Crippen molar-refractivity contribution in [3.63, 3.8) is 0 Å². The van der Waals surface area contributed by atoms with Crippen LogP contribution in [0, 0.1) is 0 Å². The van der Waals surface area contributed by atoms with E-state index in [1.807, 2.05) is 0 Å². The van der Waals surface area contributed by atoms with Gasteiger partial charge in [-0.3, -0.25) is 4.79 Å². The third kappa shape index (κ3) is 1.40. The Balaban J connectivity index is 2.56. The molecule has 1 aromatic rings. The molecule has 78 valence electrons. The van der Waals surface area contributed by atoms with Crippen LogP contribution in [0.1, 0.15) is 5.56 Å². The largest absolute Gasteiger partial charge is 0.386 e. The van der Waals surface area contributed by atoms with Crippen LogP contribution in [0.3, 0.4) is 0 Å². The van der Waals surface area contributed by atoms with Crippen molar-refractivity contribution in [2.75, 3.05) is 0 Å². The second-order valence-corrected chi connectivity index (χ2v) is 3.92. The average molecular weight is 224 g/mol. The average Bonchev–Trinajstić information content (AvgIpc) is 2.48. The Kier molecular flexibility index (Phi) is 2.38. The summed E-state index contributed by atoms with van der Waals surface area (Å²) in [6.45, 7) is 0. The van der Waals surface area contributed by atoms with Crippen LogP contribution in [-0.4, -0.2) is 17.0 Å². The molecule has 3 N–H and O–H groups in total. The summed E-state index contributed by atoms with van der Waals surface area (Å²) in [6, 6.07) is 6.77. The van der Waals surface area contributed by atoms with Gasteiger partial charge in [-0.05, 0) is 18.2 Å². The molecule has 2 atom stereocenters. The molecule has 0 unspecified atom stereocenters. The van der Waals surface area contributed by atoms with Gasteiger partial charge in [0, 0.05) is 10.6 Å². The molecule has 4 heteroatoms. The number of aliphatic hydroxyl groups is 1. The zero-order valence-electron chi connectivity index (χ0n) is 7.85. The molecule has 0 fully saturated rings. The fourth-order valence-electron chi connectivity index (χ4n) is 1.70. The van der Waals surface area contributed by atoms with Crippen molar-refractivity contribution in [3.8, 4) is 0 Å². The minimum atomic E-state index is -1.43. The predicted molar refractivity (Wildman–Crippen MR) is 57.5 cm³/mol. The molecule has 0 aliphatic heterocycles. The van der Waals surface area contributed by atoms with Crippen LogP contribution >= 0.6 is 11.6 Å². The monoisotopic (exact) mass is 223 g/mol. The maximum Gasteiger partial charge on any atom is 0.182 e. The Morgan fingerprint density at radius 2 is 2.07 bits per heavy atom. The van der Waals surface area contributed by atoms with Gasteiger partial charge in [0.15, 0.2) is 5.78 Å². The van der Waals surface area contributed by atoms with Crippen LogP contribution < -0.4 is 5.73 Å². The van der Waals surface area contributed by atoms with Crippen molar-refractivity contribution < 1.29 is 9.90 Å². The molecular weight excluding hydrogens is 214 g/mol. The Morgan fingerprint density at radius 3 is 2.60 bits per heavy atom. The quantitative estimate of drug-likeness (QED) is 0.747. The molecule has 15 heavy (non-hydrogen) atoms. The molecule has 1 aliphatic carbocycles. The van der Waals surface area contributed by atoms with E-state index in [2.05, 4.69) is 0 Å². The van der Waals surface area contributed by atoms with Crippen LogP contribution in [-0.2, 0) is 10.3 Å². The summed E-state index contributed by atoms with van der Waals surface area (Å²) in [5.74, 6) is -0.330. The van der Waals surface area contributed by atoms with Crippen LogP contribution in [0.5, 0.6) is 0 Å². The first-order valence-corrected chi connectivity index (χ1v) is 4.89. The van der Waals surface area contributed by atoms with E-state index in [0.717, 1.165) is 0 Å². The fraction of sp³-hybridized carbons (Fsp3) is 0.182. The molecule has 0 spiro atoms. The highest BCUT2D eigenvalue weighted by molar-refractivity contribution is 6.32. The zero-order chi connectivity index (χ0) is 11.1. The minimum Gasteiger partial charge on any atom is -0.386 e. The maximum absolute atomic E-state index is 11.6. The number of nitrogens with two attached hydrogens (primary N) is 1. The molecule has 0 heterocycles. The van der Waals surface area contributed by atoms with Gasteiger partial charge >= 0.3 is 0 Å². The third-order valence-electron chi connectivity index (χ3n) is 2.62. The van der Waals surface area contributed by atoms with Crippen LogP contribution in [0.4, 0.5) is 0 Å². The van der Waals surface area contributed by atoms with Gasteiger partial charge in [-0.2, -0.15) is 0 Å². The molecule has 0 saturated carbocycles. The van der Waals surface area contributed by atoms with E-state index < -0.39 is 11.6 Å². The van der Waals surface area contributed by atoms with Gasteiger partial charge in [-0.15, -0.1) is 0 Å². The molecule has 2 rings (SSSR count). The normalized spacial score (nSPS) is 29.8. The van der Waals surface area contributed by atoms with Crippen molar-refractivity contribution in [3.05, 3.63) is 47.0 Å². The summed E-state index contributed by atoms with van der Waals surface area (Å²) in [4.78, 5) is 11.6. The molecule has 0 saturated heterocycles. The lowest BCUT2D eigenvalue weighted by atomic mass is 9.86. The smallest absolute Gasteiger partial charge is 0.182 e. The van der Waals surface area contributed by atoms with Crippen molar-refractivity contribution in [2.24, 2.45) is 5.73 Å². The predicted octanol–water partition coefficient (Wildman–Crippen LogP) is 0.994. The van der Waals surface area contributed by atoms with Crippen LogP contribution in [0.2, 0.25) is 5.02 Å². The molecule has 0 bridgehead atoms. The molecule has 0 radical (unpaired) electrons. The van der Waals surface area contributed by atoms with Gasteiger partial charge < -0.3 is 10.8 Å². The first-order valence-electron chi connectivity index (χ1n) is 4.51. The lowest BCUT2D eigenvalue weighted by Gasteiger charge is -2.27. The highest BCUT2D eigenvalue weighted by atomic mass is 35.5. The number of hydrogen-bond acceptors (Lipinski definition) is 3. The Bertz CT molecular complexity index is 444. The standard InChI is InChI=1S/C11H10ClNO2/c12-8-4-2-1-3-7(8)11(13)9(14)5-6-10(11)15/h1-6,9,14H,13H2/t9-,11+/m0/s1. The molecule has 1 aromatic carbocycles. The van der Waals surface area contributed by atoms with Crippen molar-refractivity contribution in [2.45, 2.75) is 11.6 Å². The number of hydrogen-bond donors (Lipinski definition) is 2. The van der Waals surface area contributed by atoms with E-state index in [1.165, 1.54) is 12.2 Å². The molecule has 0 aromatic heterocycles. The Hall–Kier alpha value is -1.16. The topological polar surface area (TPSA) is 63.3 Å². The SMILES string of the molecule is N[C@@]1(c2ccccc2Cl)C(=O)C=C[C@@H]1O. The van der Waals surface area contributed by atoms with Gasteiger partial charge in [0.05, 0.1) is 0 Å². The van der Waals surface area contributed by atoms with Crippen LogP contribution in [0.15, 0.2) is 36.4 Å². The molecule has 0 amide bonds. The second kappa shape index (κ2) is 3.45. The summed E-state index contributed by atoms with van der Waals surface area (Å²) in [5, 5.41) is 10.1. The number of ketones is 1. The summed E-state index contributed by atoms with van der Waals surface area (Å²) < 4.78 is 0. The van der Waals surface area contributed by atoms with Crippen molar-refractivity contribution >= 4 is 17.4 Å². The van der Waals surface area contributed by atoms with E-state index in [4.69, 9.17) is 17.3 Å². The van der Waals surface area contributed by atoms with Gasteiger partial charge in [0.1, 0.15) is 11.6 Å². The number of benzene rings is 1.